The summed E-state index contributed by atoms with van der Waals surface area (Å²) in [6.45, 7) is 5.86. The van der Waals surface area contributed by atoms with E-state index in [1.807, 2.05) is 20.9 Å². The van der Waals surface area contributed by atoms with Crippen LogP contribution in [0.25, 0.3) is 0 Å². The molecule has 0 fully saturated rings. The second-order valence-electron chi connectivity index (χ2n) is 4.06. The highest BCUT2D eigenvalue weighted by Crippen LogP contribution is 2.11. The summed E-state index contributed by atoms with van der Waals surface area (Å²) in [4.78, 5) is 11.8. The van der Waals surface area contributed by atoms with Crippen molar-refractivity contribution in [2.24, 2.45) is 7.05 Å². The Balaban J connectivity index is 2.66. The molecule has 1 aromatic rings. The Labute approximate surface area is 95.5 Å². The number of rotatable bonds is 4. The Morgan fingerprint density at radius 1 is 1.56 bits per heavy atom. The average Bonchev–Trinajstić information content (AvgIpc) is 2.40. The summed E-state index contributed by atoms with van der Waals surface area (Å²) in [5.74, 6) is -0.122. The van der Waals surface area contributed by atoms with E-state index in [9.17, 15) is 4.79 Å². The van der Waals surface area contributed by atoms with Crippen molar-refractivity contribution >= 4 is 5.91 Å². The number of nitrogens with one attached hydrogen (secondary N) is 1. The molecular weight excluding hydrogens is 206 g/mol. The van der Waals surface area contributed by atoms with Gasteiger partial charge in [0.05, 0.1) is 17.4 Å². The predicted molar refractivity (Wildman–Crippen MR) is 61.3 cm³/mol. The molecule has 0 aromatic carbocycles. The van der Waals surface area contributed by atoms with Gasteiger partial charge in [-0.05, 0) is 27.2 Å². The molecule has 1 atom stereocenters. The van der Waals surface area contributed by atoms with Crippen molar-refractivity contribution in [1.82, 2.24) is 15.1 Å². The van der Waals surface area contributed by atoms with Crippen LogP contribution in [0.5, 0.6) is 0 Å². The zero-order chi connectivity index (χ0) is 12.3. The van der Waals surface area contributed by atoms with Gasteiger partial charge in [0, 0.05) is 19.3 Å². The quantitative estimate of drug-likeness (QED) is 0.785. The maximum absolute atomic E-state index is 11.8. The van der Waals surface area contributed by atoms with E-state index in [1.165, 1.54) is 0 Å². The third-order valence-electron chi connectivity index (χ3n) is 2.58. The fourth-order valence-electron chi connectivity index (χ4n) is 1.59. The minimum absolute atomic E-state index is 0.122. The van der Waals surface area contributed by atoms with Crippen molar-refractivity contribution in [3.05, 3.63) is 17.0 Å². The number of aliphatic hydroxyl groups is 1. The van der Waals surface area contributed by atoms with Crippen molar-refractivity contribution in [2.75, 3.05) is 6.54 Å². The maximum atomic E-state index is 11.8. The molecule has 0 saturated carbocycles. The molecule has 0 aliphatic carbocycles. The first-order valence-corrected chi connectivity index (χ1v) is 5.40. The van der Waals surface area contributed by atoms with Crippen LogP contribution >= 0.6 is 0 Å². The Bertz CT molecular complexity index is 383. The van der Waals surface area contributed by atoms with Gasteiger partial charge in [0.15, 0.2) is 0 Å². The highest BCUT2D eigenvalue weighted by molar-refractivity contribution is 5.96. The Morgan fingerprint density at radius 3 is 2.62 bits per heavy atom. The summed E-state index contributed by atoms with van der Waals surface area (Å²) in [5.41, 5.74) is 2.22. The maximum Gasteiger partial charge on any atom is 0.255 e. The van der Waals surface area contributed by atoms with Gasteiger partial charge in [-0.1, -0.05) is 0 Å². The van der Waals surface area contributed by atoms with Crippen LogP contribution in [0.4, 0.5) is 0 Å². The van der Waals surface area contributed by atoms with Crippen molar-refractivity contribution in [3.8, 4) is 0 Å². The normalized spacial score (nSPS) is 12.6. The fraction of sp³-hybridized carbons (Fsp3) is 0.636. The van der Waals surface area contributed by atoms with Gasteiger partial charge in [-0.2, -0.15) is 5.10 Å². The molecule has 1 unspecified atom stereocenters. The molecule has 2 N–H and O–H groups in total. The fourth-order valence-corrected chi connectivity index (χ4v) is 1.59. The minimum atomic E-state index is -0.392. The van der Waals surface area contributed by atoms with Crippen LogP contribution in [0.15, 0.2) is 0 Å². The van der Waals surface area contributed by atoms with E-state index < -0.39 is 6.10 Å². The number of nitrogens with zero attached hydrogens (tertiary/aromatic N) is 2. The highest BCUT2D eigenvalue weighted by atomic mass is 16.3. The van der Waals surface area contributed by atoms with Gasteiger partial charge in [-0.25, -0.2) is 0 Å². The number of aromatic nitrogens is 2. The second-order valence-corrected chi connectivity index (χ2v) is 4.06. The SMILES string of the molecule is Cc1nn(C)c(C)c1C(=O)NCCC(C)O. The topological polar surface area (TPSA) is 67.2 Å². The Hall–Kier alpha value is -1.36. The zero-order valence-electron chi connectivity index (χ0n) is 10.2. The first-order chi connectivity index (χ1) is 7.43. The van der Waals surface area contributed by atoms with Gasteiger partial charge in [0.1, 0.15) is 0 Å². The molecule has 0 bridgehead atoms. The van der Waals surface area contributed by atoms with Gasteiger partial charge in [-0.15, -0.1) is 0 Å². The molecule has 0 aliphatic heterocycles. The highest BCUT2D eigenvalue weighted by Gasteiger charge is 2.16. The third-order valence-corrected chi connectivity index (χ3v) is 2.58. The first kappa shape index (κ1) is 12.7. The Kier molecular flexibility index (Phi) is 4.06. The number of aryl methyl sites for hydroxylation is 2. The summed E-state index contributed by atoms with van der Waals surface area (Å²) in [6, 6.07) is 0. The molecule has 5 heteroatoms. The van der Waals surface area contributed by atoms with E-state index in [2.05, 4.69) is 10.4 Å². The lowest BCUT2D eigenvalue weighted by Crippen LogP contribution is -2.27. The molecule has 16 heavy (non-hydrogen) atoms. The van der Waals surface area contributed by atoms with Gasteiger partial charge in [0.2, 0.25) is 0 Å². The molecule has 90 valence electrons. The van der Waals surface area contributed by atoms with Crippen LogP contribution < -0.4 is 5.32 Å². The van der Waals surface area contributed by atoms with Crippen LogP contribution in [0.1, 0.15) is 35.1 Å². The molecule has 0 saturated heterocycles. The Morgan fingerprint density at radius 2 is 2.19 bits per heavy atom. The number of hydrogen-bond donors (Lipinski definition) is 2. The number of carbonyl (C=O) groups excluding carboxylic acids is 1. The molecule has 1 rings (SSSR count). The van der Waals surface area contributed by atoms with Crippen LogP contribution in [-0.2, 0) is 7.05 Å². The van der Waals surface area contributed by atoms with Gasteiger partial charge in [0.25, 0.3) is 5.91 Å². The van der Waals surface area contributed by atoms with E-state index >= 15 is 0 Å². The monoisotopic (exact) mass is 225 g/mol. The lowest BCUT2D eigenvalue weighted by Gasteiger charge is -2.06. The summed E-state index contributed by atoms with van der Waals surface area (Å²) in [7, 11) is 1.81. The largest absolute Gasteiger partial charge is 0.393 e. The molecule has 0 aliphatic rings. The molecular formula is C11H19N3O2. The minimum Gasteiger partial charge on any atom is -0.393 e. The lowest BCUT2D eigenvalue weighted by atomic mass is 10.2. The molecule has 5 nitrogen and oxygen atoms in total. The van der Waals surface area contributed by atoms with Crippen LogP contribution in [0, 0.1) is 13.8 Å². The number of hydrogen-bond acceptors (Lipinski definition) is 3. The standard InChI is InChI=1S/C11H19N3O2/c1-7(15)5-6-12-11(16)10-8(2)13-14(4)9(10)3/h7,15H,5-6H2,1-4H3,(H,12,16). The van der Waals surface area contributed by atoms with Crippen LogP contribution in [0.2, 0.25) is 0 Å². The second kappa shape index (κ2) is 5.12. The number of carbonyl (C=O) groups is 1. The van der Waals surface area contributed by atoms with E-state index in [-0.39, 0.29) is 5.91 Å². The summed E-state index contributed by atoms with van der Waals surface area (Å²) < 4.78 is 1.69. The smallest absolute Gasteiger partial charge is 0.255 e. The van der Waals surface area contributed by atoms with Gasteiger partial charge < -0.3 is 10.4 Å². The summed E-state index contributed by atoms with van der Waals surface area (Å²) in [5, 5.41) is 16.0. The van der Waals surface area contributed by atoms with Gasteiger partial charge >= 0.3 is 0 Å². The number of aliphatic hydroxyl groups excluding tert-OH is 1. The van der Waals surface area contributed by atoms with Crippen molar-refractivity contribution in [2.45, 2.75) is 33.3 Å². The van der Waals surface area contributed by atoms with E-state index in [1.54, 1.807) is 11.6 Å². The van der Waals surface area contributed by atoms with Crippen molar-refractivity contribution < 1.29 is 9.90 Å². The van der Waals surface area contributed by atoms with E-state index in [0.29, 0.717) is 18.5 Å². The van der Waals surface area contributed by atoms with Gasteiger partial charge in [-0.3, -0.25) is 9.48 Å². The van der Waals surface area contributed by atoms with E-state index in [4.69, 9.17) is 5.11 Å². The molecule has 0 spiro atoms. The summed E-state index contributed by atoms with van der Waals surface area (Å²) in [6.07, 6.45) is 0.167. The average molecular weight is 225 g/mol. The summed E-state index contributed by atoms with van der Waals surface area (Å²) >= 11 is 0. The predicted octanol–water partition coefficient (Wildman–Crippen LogP) is 0.538. The third kappa shape index (κ3) is 2.82. The molecule has 1 amide bonds. The van der Waals surface area contributed by atoms with E-state index in [0.717, 1.165) is 11.4 Å². The van der Waals surface area contributed by atoms with Crippen LogP contribution in [-0.4, -0.2) is 33.4 Å². The van der Waals surface area contributed by atoms with Crippen molar-refractivity contribution in [1.29, 1.82) is 0 Å². The lowest BCUT2D eigenvalue weighted by molar-refractivity contribution is 0.0944. The molecule has 1 heterocycles. The zero-order valence-corrected chi connectivity index (χ0v) is 10.2. The van der Waals surface area contributed by atoms with Crippen molar-refractivity contribution in [3.63, 3.8) is 0 Å². The molecule has 0 radical (unpaired) electrons. The van der Waals surface area contributed by atoms with Crippen LogP contribution in [0.3, 0.4) is 0 Å². The number of amides is 1. The molecule has 1 aromatic heterocycles. The first-order valence-electron chi connectivity index (χ1n) is 5.40.